The number of hydrogen-bond donors (Lipinski definition) is 1. The van der Waals surface area contributed by atoms with E-state index < -0.39 is 5.82 Å². The van der Waals surface area contributed by atoms with Crippen molar-refractivity contribution in [1.82, 2.24) is 4.90 Å². The van der Waals surface area contributed by atoms with Crippen LogP contribution in [0.5, 0.6) is 11.5 Å². The van der Waals surface area contributed by atoms with Crippen LogP contribution in [-0.4, -0.2) is 31.7 Å². The number of halogens is 1. The molecule has 1 aliphatic rings. The number of rotatable bonds is 4. The van der Waals surface area contributed by atoms with Crippen molar-refractivity contribution in [2.45, 2.75) is 6.54 Å². The molecule has 120 valence electrons. The maximum absolute atomic E-state index is 13.9. The molecule has 0 saturated heterocycles. The van der Waals surface area contributed by atoms with E-state index in [1.807, 2.05) is 24.3 Å². The number of nitrogens with one attached hydrogen (secondary N) is 1. The van der Waals surface area contributed by atoms with E-state index in [1.165, 1.54) is 17.0 Å². The summed E-state index contributed by atoms with van der Waals surface area (Å²) in [6.07, 6.45) is 0. The van der Waals surface area contributed by atoms with Crippen molar-refractivity contribution in [3.63, 3.8) is 0 Å². The van der Waals surface area contributed by atoms with Crippen molar-refractivity contribution < 1.29 is 18.7 Å². The number of anilines is 1. The number of amides is 1. The molecule has 0 aliphatic carbocycles. The van der Waals surface area contributed by atoms with Gasteiger partial charge in [0.05, 0.1) is 18.4 Å². The maximum Gasteiger partial charge on any atom is 0.260 e. The van der Waals surface area contributed by atoms with Crippen molar-refractivity contribution in [3.05, 3.63) is 53.3 Å². The second-order valence-electron chi connectivity index (χ2n) is 5.20. The lowest BCUT2D eigenvalue weighted by molar-refractivity contribution is 0.0498. The maximum atomic E-state index is 13.9. The fourth-order valence-corrected chi connectivity index (χ4v) is 2.48. The topological polar surface area (TPSA) is 50.8 Å². The average molecular weight is 316 g/mol. The van der Waals surface area contributed by atoms with Gasteiger partial charge in [0.25, 0.3) is 5.91 Å². The van der Waals surface area contributed by atoms with Crippen molar-refractivity contribution in [3.8, 4) is 11.5 Å². The van der Waals surface area contributed by atoms with Gasteiger partial charge in [-0.2, -0.15) is 0 Å². The van der Waals surface area contributed by atoms with Gasteiger partial charge in [0, 0.05) is 19.7 Å². The zero-order valence-corrected chi connectivity index (χ0v) is 12.9. The summed E-state index contributed by atoms with van der Waals surface area (Å²) < 4.78 is 24.6. The second-order valence-corrected chi connectivity index (χ2v) is 5.20. The predicted molar refractivity (Wildman–Crippen MR) is 84.3 cm³/mol. The predicted octanol–water partition coefficient (Wildman–Crippen LogP) is 2.87. The first-order chi connectivity index (χ1) is 11.1. The number of ether oxygens (including phenoxy) is 2. The fraction of sp³-hybridized carbons (Fsp3) is 0.235. The van der Waals surface area contributed by atoms with Gasteiger partial charge in [0.2, 0.25) is 0 Å². The molecule has 0 saturated carbocycles. The van der Waals surface area contributed by atoms with Crippen LogP contribution >= 0.6 is 0 Å². The number of methoxy groups -OCH3 is 1. The summed E-state index contributed by atoms with van der Waals surface area (Å²) in [5.41, 5.74) is 1.49. The summed E-state index contributed by atoms with van der Waals surface area (Å²) in [5.74, 6) is 0.423. The van der Waals surface area contributed by atoms with E-state index in [2.05, 4.69) is 5.32 Å². The molecule has 0 spiro atoms. The lowest BCUT2D eigenvalue weighted by Crippen LogP contribution is -2.38. The van der Waals surface area contributed by atoms with Crippen LogP contribution in [0.4, 0.5) is 10.1 Å². The van der Waals surface area contributed by atoms with E-state index in [-0.39, 0.29) is 18.2 Å². The van der Waals surface area contributed by atoms with Crippen LogP contribution < -0.4 is 14.8 Å². The minimum absolute atomic E-state index is 0.132. The van der Waals surface area contributed by atoms with Gasteiger partial charge in [-0.1, -0.05) is 12.1 Å². The molecule has 6 heteroatoms. The SMILES string of the molecule is CNc1cc2c(cc1F)C(=O)N(Cc1ccc(OC)cc1)CO2. The zero-order valence-electron chi connectivity index (χ0n) is 12.9. The molecule has 2 aromatic rings. The van der Waals surface area contributed by atoms with E-state index in [9.17, 15) is 9.18 Å². The van der Waals surface area contributed by atoms with Crippen LogP contribution in [0.2, 0.25) is 0 Å². The Morgan fingerprint density at radius 1 is 1.30 bits per heavy atom. The molecule has 5 nitrogen and oxygen atoms in total. The number of nitrogens with zero attached hydrogens (tertiary/aromatic N) is 1. The molecule has 1 amide bonds. The number of hydrogen-bond acceptors (Lipinski definition) is 4. The van der Waals surface area contributed by atoms with Gasteiger partial charge in [-0.05, 0) is 23.8 Å². The molecule has 1 N–H and O–H groups in total. The third kappa shape index (κ3) is 2.92. The third-order valence-electron chi connectivity index (χ3n) is 3.76. The minimum Gasteiger partial charge on any atom is -0.497 e. The van der Waals surface area contributed by atoms with Gasteiger partial charge in [-0.25, -0.2) is 4.39 Å². The molecule has 3 rings (SSSR count). The highest BCUT2D eigenvalue weighted by Gasteiger charge is 2.27. The number of benzene rings is 2. The van der Waals surface area contributed by atoms with E-state index in [1.54, 1.807) is 14.2 Å². The molecule has 23 heavy (non-hydrogen) atoms. The smallest absolute Gasteiger partial charge is 0.260 e. The van der Waals surface area contributed by atoms with Crippen LogP contribution in [0.3, 0.4) is 0 Å². The molecule has 0 unspecified atom stereocenters. The molecule has 0 bridgehead atoms. The minimum atomic E-state index is -0.477. The van der Waals surface area contributed by atoms with Crippen LogP contribution in [0.15, 0.2) is 36.4 Å². The van der Waals surface area contributed by atoms with Gasteiger partial charge < -0.3 is 19.7 Å². The van der Waals surface area contributed by atoms with Crippen LogP contribution in [0.25, 0.3) is 0 Å². The average Bonchev–Trinajstić information content (AvgIpc) is 2.58. The summed E-state index contributed by atoms with van der Waals surface area (Å²) >= 11 is 0. The van der Waals surface area contributed by atoms with E-state index in [0.717, 1.165) is 11.3 Å². The van der Waals surface area contributed by atoms with Crippen LogP contribution in [0.1, 0.15) is 15.9 Å². The highest BCUT2D eigenvalue weighted by molar-refractivity contribution is 5.98. The number of carbonyl (C=O) groups excluding carboxylic acids is 1. The highest BCUT2D eigenvalue weighted by Crippen LogP contribution is 2.31. The molecule has 2 aromatic carbocycles. The second kappa shape index (κ2) is 6.16. The first-order valence-corrected chi connectivity index (χ1v) is 7.18. The van der Waals surface area contributed by atoms with Gasteiger partial charge in [0.15, 0.2) is 6.73 Å². The summed E-state index contributed by atoms with van der Waals surface area (Å²) in [5, 5.41) is 2.73. The molecular weight excluding hydrogens is 299 g/mol. The lowest BCUT2D eigenvalue weighted by Gasteiger charge is -2.29. The Hall–Kier alpha value is -2.76. The Morgan fingerprint density at radius 2 is 2.04 bits per heavy atom. The van der Waals surface area contributed by atoms with Gasteiger partial charge in [-0.3, -0.25) is 4.79 Å². The van der Waals surface area contributed by atoms with E-state index in [4.69, 9.17) is 9.47 Å². The zero-order chi connectivity index (χ0) is 16.4. The quantitative estimate of drug-likeness (QED) is 0.942. The van der Waals surface area contributed by atoms with Crippen LogP contribution in [-0.2, 0) is 6.54 Å². The molecule has 1 aliphatic heterocycles. The molecule has 1 heterocycles. The summed E-state index contributed by atoms with van der Waals surface area (Å²) in [6, 6.07) is 10.1. The normalized spacial score (nSPS) is 13.3. The Kier molecular flexibility index (Phi) is 4.06. The van der Waals surface area contributed by atoms with Crippen molar-refractivity contribution in [2.75, 3.05) is 26.2 Å². The van der Waals surface area contributed by atoms with E-state index >= 15 is 0 Å². The standard InChI is InChI=1S/C17H17FN2O3/c1-19-15-8-16-13(7-14(15)18)17(21)20(10-23-16)9-11-3-5-12(22-2)6-4-11/h3-8,19H,9-10H2,1-2H3. The van der Waals surface area contributed by atoms with Crippen molar-refractivity contribution in [2.24, 2.45) is 0 Å². The van der Waals surface area contributed by atoms with Gasteiger partial charge in [-0.15, -0.1) is 0 Å². The lowest BCUT2D eigenvalue weighted by atomic mass is 10.1. The Morgan fingerprint density at radius 3 is 2.70 bits per heavy atom. The Labute approximate surface area is 133 Å². The Balaban J connectivity index is 1.81. The first kappa shape index (κ1) is 15.1. The third-order valence-corrected chi connectivity index (χ3v) is 3.76. The number of fused-ring (bicyclic) bond motifs is 1. The Bertz CT molecular complexity index is 731. The van der Waals surface area contributed by atoms with E-state index in [0.29, 0.717) is 18.0 Å². The molecular formula is C17H17FN2O3. The van der Waals surface area contributed by atoms with Crippen molar-refractivity contribution >= 4 is 11.6 Å². The largest absolute Gasteiger partial charge is 0.497 e. The molecule has 0 radical (unpaired) electrons. The monoisotopic (exact) mass is 316 g/mol. The van der Waals surface area contributed by atoms with Gasteiger partial charge >= 0.3 is 0 Å². The molecule has 0 atom stereocenters. The summed E-state index contributed by atoms with van der Waals surface area (Å²) in [4.78, 5) is 14.1. The summed E-state index contributed by atoms with van der Waals surface area (Å²) in [6.45, 7) is 0.518. The number of carbonyl (C=O) groups is 1. The summed E-state index contributed by atoms with van der Waals surface area (Å²) in [7, 11) is 3.22. The van der Waals surface area contributed by atoms with Crippen molar-refractivity contribution in [1.29, 1.82) is 0 Å². The van der Waals surface area contributed by atoms with Gasteiger partial charge in [0.1, 0.15) is 17.3 Å². The highest BCUT2D eigenvalue weighted by atomic mass is 19.1. The van der Waals surface area contributed by atoms with Crippen LogP contribution in [0, 0.1) is 5.82 Å². The first-order valence-electron chi connectivity index (χ1n) is 7.18. The fourth-order valence-electron chi connectivity index (χ4n) is 2.48. The molecule has 0 aromatic heterocycles. The molecule has 0 fully saturated rings.